The first-order valence-electron chi connectivity index (χ1n) is 8.23. The number of rotatable bonds is 3. The van der Waals surface area contributed by atoms with Crippen molar-refractivity contribution in [2.75, 3.05) is 12.1 Å². The lowest BCUT2D eigenvalue weighted by Crippen LogP contribution is -2.27. The molecular weight excluding hydrogens is 320 g/mol. The van der Waals surface area contributed by atoms with E-state index < -0.39 is 0 Å². The Morgan fingerprint density at radius 1 is 1.12 bits per heavy atom. The van der Waals surface area contributed by atoms with Crippen LogP contribution in [0.3, 0.4) is 0 Å². The highest BCUT2D eigenvalue weighted by atomic mass is 16.7. The largest absolute Gasteiger partial charge is 0.454 e. The fourth-order valence-corrected chi connectivity index (χ4v) is 3.07. The highest BCUT2D eigenvalue weighted by Crippen LogP contribution is 2.34. The van der Waals surface area contributed by atoms with Crippen LogP contribution in [0, 0.1) is 0 Å². The Morgan fingerprint density at radius 3 is 2.84 bits per heavy atom. The zero-order valence-corrected chi connectivity index (χ0v) is 13.8. The third kappa shape index (κ3) is 3.03. The number of anilines is 1. The zero-order chi connectivity index (χ0) is 17.4. The van der Waals surface area contributed by atoms with E-state index in [4.69, 9.17) is 9.47 Å². The van der Waals surface area contributed by atoms with Gasteiger partial charge in [0.2, 0.25) is 12.7 Å². The number of amides is 2. The van der Waals surface area contributed by atoms with Gasteiger partial charge in [-0.15, -0.1) is 0 Å². The summed E-state index contributed by atoms with van der Waals surface area (Å²) in [4.78, 5) is 24.0. The molecule has 25 heavy (non-hydrogen) atoms. The fourth-order valence-electron chi connectivity index (χ4n) is 3.07. The molecule has 0 unspecified atom stereocenters. The van der Waals surface area contributed by atoms with E-state index in [1.54, 1.807) is 12.1 Å². The van der Waals surface area contributed by atoms with Crippen molar-refractivity contribution < 1.29 is 19.1 Å². The van der Waals surface area contributed by atoms with Crippen LogP contribution in [0.2, 0.25) is 0 Å². The summed E-state index contributed by atoms with van der Waals surface area (Å²) >= 11 is 0. The molecule has 2 aromatic carbocycles. The van der Waals surface area contributed by atoms with Gasteiger partial charge < -0.3 is 20.1 Å². The molecule has 0 spiro atoms. The van der Waals surface area contributed by atoms with Gasteiger partial charge in [0.05, 0.1) is 6.04 Å². The number of hydrogen-bond acceptors (Lipinski definition) is 4. The summed E-state index contributed by atoms with van der Waals surface area (Å²) in [5, 5.41) is 5.82. The number of carbonyl (C=O) groups is 2. The van der Waals surface area contributed by atoms with E-state index in [2.05, 4.69) is 10.6 Å². The second-order valence-electron chi connectivity index (χ2n) is 6.23. The van der Waals surface area contributed by atoms with Gasteiger partial charge in [-0.25, -0.2) is 0 Å². The molecule has 0 aromatic heterocycles. The summed E-state index contributed by atoms with van der Waals surface area (Å²) in [6.07, 6.45) is 1.10. The van der Waals surface area contributed by atoms with Gasteiger partial charge in [-0.1, -0.05) is 6.07 Å². The highest BCUT2D eigenvalue weighted by Gasteiger charge is 2.19. The van der Waals surface area contributed by atoms with E-state index in [0.29, 0.717) is 24.2 Å². The third-order valence-corrected chi connectivity index (χ3v) is 4.51. The Morgan fingerprint density at radius 2 is 1.96 bits per heavy atom. The van der Waals surface area contributed by atoms with E-state index in [0.717, 1.165) is 22.6 Å². The molecule has 2 N–H and O–H groups in total. The molecule has 0 aliphatic carbocycles. The zero-order valence-electron chi connectivity index (χ0n) is 13.8. The molecule has 0 radical (unpaired) electrons. The predicted molar refractivity (Wildman–Crippen MR) is 91.8 cm³/mol. The molecule has 0 bridgehead atoms. The van der Waals surface area contributed by atoms with Crippen LogP contribution in [0.4, 0.5) is 5.69 Å². The molecule has 4 rings (SSSR count). The van der Waals surface area contributed by atoms with Gasteiger partial charge >= 0.3 is 0 Å². The second-order valence-corrected chi connectivity index (χ2v) is 6.23. The molecule has 0 saturated heterocycles. The first kappa shape index (κ1) is 15.5. The molecular formula is C19H18N2O4. The van der Waals surface area contributed by atoms with Gasteiger partial charge in [-0.3, -0.25) is 9.59 Å². The lowest BCUT2D eigenvalue weighted by atomic mass is 10.00. The summed E-state index contributed by atoms with van der Waals surface area (Å²) in [5.41, 5.74) is 3.31. The average Bonchev–Trinajstić information content (AvgIpc) is 3.08. The maximum absolute atomic E-state index is 12.6. The van der Waals surface area contributed by atoms with Crippen molar-refractivity contribution in [3.8, 4) is 11.5 Å². The van der Waals surface area contributed by atoms with Crippen LogP contribution in [0.5, 0.6) is 11.5 Å². The van der Waals surface area contributed by atoms with Crippen LogP contribution < -0.4 is 20.1 Å². The lowest BCUT2D eigenvalue weighted by molar-refractivity contribution is -0.116. The molecule has 2 aliphatic heterocycles. The Balaban J connectivity index is 1.49. The number of aryl methyl sites for hydroxylation is 1. The first-order chi connectivity index (χ1) is 12.1. The molecule has 6 nitrogen and oxygen atoms in total. The van der Waals surface area contributed by atoms with E-state index in [1.807, 2.05) is 31.2 Å². The van der Waals surface area contributed by atoms with Crippen LogP contribution >= 0.6 is 0 Å². The minimum atomic E-state index is -0.169. The summed E-state index contributed by atoms with van der Waals surface area (Å²) in [7, 11) is 0. The summed E-state index contributed by atoms with van der Waals surface area (Å²) in [6.45, 7) is 2.15. The Hall–Kier alpha value is -3.02. The maximum Gasteiger partial charge on any atom is 0.251 e. The van der Waals surface area contributed by atoms with E-state index in [9.17, 15) is 9.59 Å². The van der Waals surface area contributed by atoms with Gasteiger partial charge in [0.15, 0.2) is 11.5 Å². The standard InChI is InChI=1S/C19H18N2O4/c1-11(12-3-6-16-17(9-12)25-10-24-16)20-19(23)14-2-5-15-13(8-14)4-7-18(22)21-15/h2-3,5-6,8-9,11H,4,7,10H2,1H3,(H,20,23)(H,21,22)/t11-/m1/s1. The normalized spacial score (nSPS) is 16.0. The fraction of sp³-hybridized carbons (Fsp3) is 0.263. The van der Waals surface area contributed by atoms with Gasteiger partial charge in [-0.05, 0) is 54.8 Å². The number of carbonyl (C=O) groups excluding carboxylic acids is 2. The molecule has 6 heteroatoms. The van der Waals surface area contributed by atoms with E-state index in [-0.39, 0.29) is 24.6 Å². The van der Waals surface area contributed by atoms with Crippen molar-refractivity contribution in [2.45, 2.75) is 25.8 Å². The molecule has 0 saturated carbocycles. The van der Waals surface area contributed by atoms with E-state index in [1.165, 1.54) is 0 Å². The average molecular weight is 338 g/mol. The minimum absolute atomic E-state index is 0.0149. The summed E-state index contributed by atoms with van der Waals surface area (Å²) < 4.78 is 10.7. The molecule has 2 amide bonds. The Kier molecular flexibility index (Phi) is 3.80. The van der Waals surface area contributed by atoms with Crippen LogP contribution in [-0.2, 0) is 11.2 Å². The lowest BCUT2D eigenvalue weighted by Gasteiger charge is -2.19. The van der Waals surface area contributed by atoms with Crippen molar-refractivity contribution in [3.63, 3.8) is 0 Å². The van der Waals surface area contributed by atoms with Crippen molar-refractivity contribution in [3.05, 3.63) is 53.1 Å². The topological polar surface area (TPSA) is 76.7 Å². The quantitative estimate of drug-likeness (QED) is 0.902. The third-order valence-electron chi connectivity index (χ3n) is 4.51. The first-order valence-corrected chi connectivity index (χ1v) is 8.23. The smallest absolute Gasteiger partial charge is 0.251 e. The van der Waals surface area contributed by atoms with Gasteiger partial charge in [0, 0.05) is 17.7 Å². The number of ether oxygens (including phenoxy) is 2. The van der Waals surface area contributed by atoms with Crippen LogP contribution in [-0.4, -0.2) is 18.6 Å². The van der Waals surface area contributed by atoms with Crippen molar-refractivity contribution in [1.82, 2.24) is 5.32 Å². The monoisotopic (exact) mass is 338 g/mol. The van der Waals surface area contributed by atoms with Crippen LogP contribution in [0.15, 0.2) is 36.4 Å². The molecule has 1 atom stereocenters. The number of benzene rings is 2. The van der Waals surface area contributed by atoms with Crippen molar-refractivity contribution in [2.24, 2.45) is 0 Å². The minimum Gasteiger partial charge on any atom is -0.454 e. The SMILES string of the molecule is C[C@@H](NC(=O)c1ccc2c(c1)CCC(=O)N2)c1ccc2c(c1)OCO2. The number of nitrogens with one attached hydrogen (secondary N) is 2. The van der Waals surface area contributed by atoms with Crippen LogP contribution in [0.1, 0.15) is 40.9 Å². The van der Waals surface area contributed by atoms with Gasteiger partial charge in [-0.2, -0.15) is 0 Å². The predicted octanol–water partition coefficient (Wildman–Crippen LogP) is 2.79. The summed E-state index contributed by atoms with van der Waals surface area (Å²) in [6, 6.07) is 10.8. The molecule has 2 aliphatic rings. The van der Waals surface area contributed by atoms with Crippen LogP contribution in [0.25, 0.3) is 0 Å². The Labute approximate surface area is 145 Å². The number of fused-ring (bicyclic) bond motifs is 2. The molecule has 0 fully saturated rings. The Bertz CT molecular complexity index is 862. The summed E-state index contributed by atoms with van der Waals surface area (Å²) in [5.74, 6) is 1.29. The van der Waals surface area contributed by atoms with Crippen molar-refractivity contribution in [1.29, 1.82) is 0 Å². The second kappa shape index (κ2) is 6.12. The number of hydrogen-bond donors (Lipinski definition) is 2. The molecule has 2 aromatic rings. The van der Waals surface area contributed by atoms with Gasteiger partial charge in [0.1, 0.15) is 0 Å². The maximum atomic E-state index is 12.6. The van der Waals surface area contributed by atoms with Crippen molar-refractivity contribution >= 4 is 17.5 Å². The highest BCUT2D eigenvalue weighted by molar-refractivity contribution is 5.98. The molecule has 128 valence electrons. The van der Waals surface area contributed by atoms with E-state index >= 15 is 0 Å². The van der Waals surface area contributed by atoms with Gasteiger partial charge in [0.25, 0.3) is 5.91 Å². The molecule has 2 heterocycles.